The van der Waals surface area contributed by atoms with Gasteiger partial charge in [0.15, 0.2) is 0 Å². The molecule has 0 saturated heterocycles. The lowest BCUT2D eigenvalue weighted by atomic mass is 9.81. The zero-order chi connectivity index (χ0) is 15.2. The minimum absolute atomic E-state index is 0.852. The molecule has 1 aliphatic rings. The van der Waals surface area contributed by atoms with Crippen molar-refractivity contribution < 1.29 is 4.74 Å². The predicted octanol–water partition coefficient (Wildman–Crippen LogP) is 5.53. The van der Waals surface area contributed by atoms with E-state index in [4.69, 9.17) is 4.74 Å². The van der Waals surface area contributed by atoms with Gasteiger partial charge in [-0.05, 0) is 52.9 Å². The molecule has 0 radical (unpaired) electrons. The van der Waals surface area contributed by atoms with E-state index < -0.39 is 0 Å². The SMILES string of the molecule is COc1c(Br)cc(Br)cc1CNCCC1CCC(C)CC1. The van der Waals surface area contributed by atoms with E-state index in [1.807, 2.05) is 6.07 Å². The van der Waals surface area contributed by atoms with Crippen molar-refractivity contribution in [1.82, 2.24) is 5.32 Å². The van der Waals surface area contributed by atoms with Gasteiger partial charge in [0.2, 0.25) is 0 Å². The minimum atomic E-state index is 0.852. The summed E-state index contributed by atoms with van der Waals surface area (Å²) in [7, 11) is 1.72. The van der Waals surface area contributed by atoms with Crippen molar-refractivity contribution in [3.63, 3.8) is 0 Å². The Kier molecular flexibility index (Phi) is 7.03. The van der Waals surface area contributed by atoms with Gasteiger partial charge in [0.05, 0.1) is 11.6 Å². The molecular formula is C17H25Br2NO. The van der Waals surface area contributed by atoms with Crippen molar-refractivity contribution in [2.75, 3.05) is 13.7 Å². The molecule has 2 rings (SSSR count). The summed E-state index contributed by atoms with van der Waals surface area (Å²) in [5.41, 5.74) is 1.19. The van der Waals surface area contributed by atoms with Crippen molar-refractivity contribution >= 4 is 31.9 Å². The maximum Gasteiger partial charge on any atom is 0.137 e. The molecule has 1 aromatic rings. The Morgan fingerprint density at radius 2 is 1.90 bits per heavy atom. The van der Waals surface area contributed by atoms with Crippen LogP contribution >= 0.6 is 31.9 Å². The molecule has 0 unspecified atom stereocenters. The monoisotopic (exact) mass is 417 g/mol. The van der Waals surface area contributed by atoms with Crippen LogP contribution in [0.3, 0.4) is 0 Å². The number of benzene rings is 1. The molecule has 1 N–H and O–H groups in total. The number of halogens is 2. The Labute approximate surface area is 145 Å². The molecule has 0 heterocycles. The third-order valence-corrected chi connectivity index (χ3v) is 5.52. The average molecular weight is 419 g/mol. The van der Waals surface area contributed by atoms with Gasteiger partial charge in [0.1, 0.15) is 5.75 Å². The fourth-order valence-electron chi connectivity index (χ4n) is 3.12. The van der Waals surface area contributed by atoms with E-state index in [1.165, 1.54) is 37.7 Å². The van der Waals surface area contributed by atoms with Gasteiger partial charge in [-0.25, -0.2) is 0 Å². The first kappa shape index (κ1) is 17.3. The molecule has 0 atom stereocenters. The maximum atomic E-state index is 5.48. The first-order valence-corrected chi connectivity index (χ1v) is 9.41. The molecule has 1 fully saturated rings. The third kappa shape index (κ3) is 5.26. The van der Waals surface area contributed by atoms with E-state index in [1.54, 1.807) is 7.11 Å². The molecule has 0 amide bonds. The lowest BCUT2D eigenvalue weighted by molar-refractivity contribution is 0.275. The normalized spacial score (nSPS) is 22.3. The Morgan fingerprint density at radius 1 is 1.19 bits per heavy atom. The standard InChI is InChI=1S/C17H25Br2NO/c1-12-3-5-13(6-4-12)7-8-20-11-14-9-15(18)10-16(19)17(14)21-2/h9-10,12-13,20H,3-8,11H2,1-2H3. The molecule has 2 nitrogen and oxygen atoms in total. The third-order valence-electron chi connectivity index (χ3n) is 4.47. The van der Waals surface area contributed by atoms with Gasteiger partial charge in [0.25, 0.3) is 0 Å². The summed E-state index contributed by atoms with van der Waals surface area (Å²) in [6.07, 6.45) is 6.95. The number of methoxy groups -OCH3 is 1. The summed E-state index contributed by atoms with van der Waals surface area (Å²) in [6, 6.07) is 4.14. The van der Waals surface area contributed by atoms with Crippen molar-refractivity contribution in [3.05, 3.63) is 26.6 Å². The lowest BCUT2D eigenvalue weighted by Crippen LogP contribution is -2.20. The van der Waals surface area contributed by atoms with E-state index in [2.05, 4.69) is 50.2 Å². The zero-order valence-corrected chi connectivity index (χ0v) is 16.1. The quantitative estimate of drug-likeness (QED) is 0.613. The van der Waals surface area contributed by atoms with Crippen molar-refractivity contribution in [2.24, 2.45) is 11.8 Å². The smallest absolute Gasteiger partial charge is 0.137 e. The van der Waals surface area contributed by atoms with Crippen LogP contribution in [0, 0.1) is 11.8 Å². The van der Waals surface area contributed by atoms with E-state index in [0.29, 0.717) is 0 Å². The second-order valence-electron chi connectivity index (χ2n) is 6.17. The molecule has 1 aromatic carbocycles. The van der Waals surface area contributed by atoms with Gasteiger partial charge in [-0.15, -0.1) is 0 Å². The van der Waals surface area contributed by atoms with E-state index in [9.17, 15) is 0 Å². The maximum absolute atomic E-state index is 5.48. The Bertz CT molecular complexity index is 456. The molecule has 0 spiro atoms. The fraction of sp³-hybridized carbons (Fsp3) is 0.647. The van der Waals surface area contributed by atoms with Gasteiger partial charge in [-0.2, -0.15) is 0 Å². The van der Waals surface area contributed by atoms with Gasteiger partial charge >= 0.3 is 0 Å². The van der Waals surface area contributed by atoms with Crippen LogP contribution < -0.4 is 10.1 Å². The second-order valence-corrected chi connectivity index (χ2v) is 7.94. The molecule has 21 heavy (non-hydrogen) atoms. The van der Waals surface area contributed by atoms with Crippen molar-refractivity contribution in [1.29, 1.82) is 0 Å². The Morgan fingerprint density at radius 3 is 2.57 bits per heavy atom. The molecule has 118 valence electrons. The number of ether oxygens (including phenoxy) is 1. The summed E-state index contributed by atoms with van der Waals surface area (Å²) in [5, 5.41) is 3.57. The molecule has 1 aliphatic carbocycles. The predicted molar refractivity (Wildman–Crippen MR) is 95.8 cm³/mol. The molecule has 0 aliphatic heterocycles. The van der Waals surface area contributed by atoms with Crippen molar-refractivity contribution in [2.45, 2.75) is 45.6 Å². The summed E-state index contributed by atoms with van der Waals surface area (Å²) >= 11 is 7.09. The molecule has 0 bridgehead atoms. The van der Waals surface area contributed by atoms with E-state index in [-0.39, 0.29) is 0 Å². The molecule has 1 saturated carbocycles. The van der Waals surface area contributed by atoms with E-state index >= 15 is 0 Å². The van der Waals surface area contributed by atoms with Gasteiger partial charge in [0, 0.05) is 16.6 Å². The molecule has 0 aromatic heterocycles. The van der Waals surface area contributed by atoms with Crippen LogP contribution in [0.15, 0.2) is 21.1 Å². The van der Waals surface area contributed by atoms with Crippen molar-refractivity contribution in [3.8, 4) is 5.75 Å². The van der Waals surface area contributed by atoms with E-state index in [0.717, 1.165) is 39.6 Å². The first-order chi connectivity index (χ1) is 10.1. The Balaban J connectivity index is 1.78. The van der Waals surface area contributed by atoms with Gasteiger partial charge in [-0.3, -0.25) is 0 Å². The fourth-order valence-corrected chi connectivity index (χ4v) is 4.60. The van der Waals surface area contributed by atoms with Crippen LogP contribution in [0.1, 0.15) is 44.6 Å². The highest BCUT2D eigenvalue weighted by Gasteiger charge is 2.17. The van der Waals surface area contributed by atoms with Crippen LogP contribution in [-0.2, 0) is 6.54 Å². The lowest BCUT2D eigenvalue weighted by Gasteiger charge is -2.26. The first-order valence-electron chi connectivity index (χ1n) is 7.82. The minimum Gasteiger partial charge on any atom is -0.495 e. The van der Waals surface area contributed by atoms with Gasteiger partial charge in [-0.1, -0.05) is 48.5 Å². The number of hydrogen-bond donors (Lipinski definition) is 1. The largest absolute Gasteiger partial charge is 0.495 e. The highest BCUT2D eigenvalue weighted by atomic mass is 79.9. The molecule has 4 heteroatoms. The Hall–Kier alpha value is -0.0600. The number of rotatable bonds is 6. The van der Waals surface area contributed by atoms with Gasteiger partial charge < -0.3 is 10.1 Å². The summed E-state index contributed by atoms with van der Waals surface area (Å²) in [5.74, 6) is 2.79. The van der Waals surface area contributed by atoms with Crippen LogP contribution in [-0.4, -0.2) is 13.7 Å². The highest BCUT2D eigenvalue weighted by molar-refractivity contribution is 9.11. The zero-order valence-electron chi connectivity index (χ0n) is 12.9. The molecular weight excluding hydrogens is 394 g/mol. The summed E-state index contributed by atoms with van der Waals surface area (Å²) < 4.78 is 7.56. The average Bonchev–Trinajstić information content (AvgIpc) is 2.45. The summed E-state index contributed by atoms with van der Waals surface area (Å²) in [6.45, 7) is 4.32. The van der Waals surface area contributed by atoms with Crippen LogP contribution in [0.2, 0.25) is 0 Å². The number of nitrogens with one attached hydrogen (secondary N) is 1. The van der Waals surface area contributed by atoms with Crippen LogP contribution in [0.5, 0.6) is 5.75 Å². The highest BCUT2D eigenvalue weighted by Crippen LogP contribution is 2.33. The second kappa shape index (κ2) is 8.54. The topological polar surface area (TPSA) is 21.3 Å². The summed E-state index contributed by atoms with van der Waals surface area (Å²) in [4.78, 5) is 0. The van der Waals surface area contributed by atoms with Crippen LogP contribution in [0.25, 0.3) is 0 Å². The van der Waals surface area contributed by atoms with Crippen LogP contribution in [0.4, 0.5) is 0 Å². The number of hydrogen-bond acceptors (Lipinski definition) is 2.